The number of nitrogens with zero attached hydrogens (tertiary/aromatic N) is 1. The van der Waals surface area contributed by atoms with Gasteiger partial charge in [0.15, 0.2) is 0 Å². The molecule has 0 bridgehead atoms. The summed E-state index contributed by atoms with van der Waals surface area (Å²) in [7, 11) is 0. The average Bonchev–Trinajstić information content (AvgIpc) is 3.20. The Labute approximate surface area is 168 Å². The smallest absolute Gasteiger partial charge is 0.121 e. The molecule has 0 amide bonds. The molecule has 1 fully saturated rings. The van der Waals surface area contributed by atoms with Crippen molar-refractivity contribution in [1.29, 1.82) is 0 Å². The molecule has 3 atom stereocenters. The van der Waals surface area contributed by atoms with Crippen LogP contribution in [0.2, 0.25) is 0 Å². The van der Waals surface area contributed by atoms with Crippen LogP contribution in [0.15, 0.2) is 0 Å². The lowest BCUT2D eigenvalue weighted by molar-refractivity contribution is -0.144. The van der Waals surface area contributed by atoms with E-state index in [-0.39, 0.29) is 6.42 Å². The first-order valence-electron chi connectivity index (χ1n) is 11.9. The van der Waals surface area contributed by atoms with Gasteiger partial charge in [-0.1, -0.05) is 78.1 Å². The minimum Gasteiger partial charge on any atom is -0.390 e. The second kappa shape index (κ2) is 14.8. The van der Waals surface area contributed by atoms with E-state index in [1.165, 1.54) is 44.9 Å². The highest BCUT2D eigenvalue weighted by Crippen LogP contribution is 2.30. The molecule has 162 valence electrons. The summed E-state index contributed by atoms with van der Waals surface area (Å²) in [5.74, 6) is 0. The third-order valence-electron chi connectivity index (χ3n) is 6.21. The zero-order valence-corrected chi connectivity index (χ0v) is 18.2. The summed E-state index contributed by atoms with van der Waals surface area (Å²) in [6, 6.07) is 0. The average molecular weight is 386 g/mol. The second-order valence-corrected chi connectivity index (χ2v) is 8.74. The first kappa shape index (κ1) is 24.9. The number of hydrogen-bond donors (Lipinski definition) is 3. The molecule has 3 N–H and O–H groups in total. The fourth-order valence-electron chi connectivity index (χ4n) is 4.33. The highest BCUT2D eigenvalue weighted by molar-refractivity contribution is 4.87. The van der Waals surface area contributed by atoms with Gasteiger partial charge in [-0.25, -0.2) is 0 Å². The first-order chi connectivity index (χ1) is 13.0. The van der Waals surface area contributed by atoms with Crippen LogP contribution in [0.25, 0.3) is 0 Å². The Morgan fingerprint density at radius 1 is 0.741 bits per heavy atom. The molecule has 1 rings (SSSR count). The molecule has 1 heterocycles. The first-order valence-corrected chi connectivity index (χ1v) is 11.9. The van der Waals surface area contributed by atoms with Gasteiger partial charge in [0.1, 0.15) is 5.72 Å². The van der Waals surface area contributed by atoms with Gasteiger partial charge in [0.2, 0.25) is 0 Å². The molecule has 1 saturated heterocycles. The zero-order valence-electron chi connectivity index (χ0n) is 18.2. The number of likely N-dealkylation sites (tertiary alicyclic amines) is 1. The van der Waals surface area contributed by atoms with E-state index in [2.05, 4.69) is 18.7 Å². The Balaban J connectivity index is 2.42. The van der Waals surface area contributed by atoms with E-state index >= 15 is 0 Å². The third-order valence-corrected chi connectivity index (χ3v) is 6.21. The maximum absolute atomic E-state index is 11.3. The van der Waals surface area contributed by atoms with E-state index in [4.69, 9.17) is 0 Å². The van der Waals surface area contributed by atoms with E-state index in [1.54, 1.807) is 0 Å². The summed E-state index contributed by atoms with van der Waals surface area (Å²) in [4.78, 5) is 2.15. The summed E-state index contributed by atoms with van der Waals surface area (Å²) >= 11 is 0. The van der Waals surface area contributed by atoms with Crippen LogP contribution in [0.3, 0.4) is 0 Å². The van der Waals surface area contributed by atoms with Crippen molar-refractivity contribution in [3.05, 3.63) is 0 Å². The minimum absolute atomic E-state index is 0.276. The second-order valence-electron chi connectivity index (χ2n) is 8.74. The van der Waals surface area contributed by atoms with Crippen molar-refractivity contribution in [2.45, 2.75) is 135 Å². The molecular formula is C23H47NO3. The number of aliphatic hydroxyl groups is 3. The van der Waals surface area contributed by atoms with Crippen LogP contribution in [0.5, 0.6) is 0 Å². The van der Waals surface area contributed by atoms with Crippen molar-refractivity contribution in [3.8, 4) is 0 Å². The Bertz CT molecular complexity index is 347. The van der Waals surface area contributed by atoms with Crippen molar-refractivity contribution in [1.82, 2.24) is 4.90 Å². The normalized spacial score (nSPS) is 19.9. The summed E-state index contributed by atoms with van der Waals surface area (Å²) in [6.07, 6.45) is 15.3. The van der Waals surface area contributed by atoms with Crippen LogP contribution in [-0.2, 0) is 0 Å². The lowest BCUT2D eigenvalue weighted by Gasteiger charge is -2.39. The minimum atomic E-state index is -0.955. The summed E-state index contributed by atoms with van der Waals surface area (Å²) < 4.78 is 0. The molecular weight excluding hydrogens is 338 g/mol. The van der Waals surface area contributed by atoms with E-state index in [0.717, 1.165) is 51.6 Å². The van der Waals surface area contributed by atoms with Crippen molar-refractivity contribution in [3.63, 3.8) is 0 Å². The van der Waals surface area contributed by atoms with E-state index in [0.29, 0.717) is 12.8 Å². The van der Waals surface area contributed by atoms with Gasteiger partial charge in [-0.15, -0.1) is 0 Å². The number of unbranched alkanes of at least 4 members (excludes halogenated alkanes) is 9. The van der Waals surface area contributed by atoms with Crippen LogP contribution < -0.4 is 0 Å². The van der Waals surface area contributed by atoms with E-state index < -0.39 is 17.9 Å². The molecule has 0 aromatic heterocycles. The van der Waals surface area contributed by atoms with Crippen molar-refractivity contribution < 1.29 is 15.3 Å². The van der Waals surface area contributed by atoms with Crippen molar-refractivity contribution in [2.24, 2.45) is 0 Å². The van der Waals surface area contributed by atoms with Crippen LogP contribution in [-0.4, -0.2) is 51.2 Å². The van der Waals surface area contributed by atoms with Gasteiger partial charge in [0, 0.05) is 19.5 Å². The van der Waals surface area contributed by atoms with Crippen LogP contribution in [0.4, 0.5) is 0 Å². The highest BCUT2D eigenvalue weighted by atomic mass is 16.3. The predicted octanol–water partition coefficient (Wildman–Crippen LogP) is 4.99. The van der Waals surface area contributed by atoms with E-state index in [9.17, 15) is 15.3 Å². The monoisotopic (exact) mass is 385 g/mol. The molecule has 27 heavy (non-hydrogen) atoms. The number of hydrogen-bond acceptors (Lipinski definition) is 4. The quantitative estimate of drug-likeness (QED) is 0.309. The van der Waals surface area contributed by atoms with Gasteiger partial charge in [0.25, 0.3) is 0 Å². The zero-order chi connectivity index (χ0) is 20.0. The molecule has 0 aromatic carbocycles. The van der Waals surface area contributed by atoms with Gasteiger partial charge < -0.3 is 15.3 Å². The molecule has 0 spiro atoms. The molecule has 1 aliphatic heterocycles. The maximum atomic E-state index is 11.3. The molecule has 0 saturated carbocycles. The van der Waals surface area contributed by atoms with Crippen LogP contribution in [0.1, 0.15) is 117 Å². The molecule has 4 heteroatoms. The summed E-state index contributed by atoms with van der Waals surface area (Å²) in [5, 5.41) is 32.2. The van der Waals surface area contributed by atoms with Gasteiger partial charge in [-0.2, -0.15) is 0 Å². The lowest BCUT2D eigenvalue weighted by Crippen LogP contribution is -2.51. The van der Waals surface area contributed by atoms with Gasteiger partial charge in [-0.3, -0.25) is 4.90 Å². The summed E-state index contributed by atoms with van der Waals surface area (Å²) in [6.45, 7) is 6.23. The fraction of sp³-hybridized carbons (Fsp3) is 1.00. The SMILES string of the molecule is CCCCCCCCCC(O)(CC(O)C(O)CCCCCC)N1CCCC1. The molecule has 0 aromatic rings. The topological polar surface area (TPSA) is 63.9 Å². The number of aliphatic hydroxyl groups excluding tert-OH is 2. The van der Waals surface area contributed by atoms with Gasteiger partial charge >= 0.3 is 0 Å². The molecule has 4 nitrogen and oxygen atoms in total. The van der Waals surface area contributed by atoms with E-state index in [1.807, 2.05) is 0 Å². The highest BCUT2D eigenvalue weighted by Gasteiger charge is 2.38. The Morgan fingerprint density at radius 3 is 1.85 bits per heavy atom. The lowest BCUT2D eigenvalue weighted by atomic mass is 9.92. The number of rotatable bonds is 17. The Morgan fingerprint density at radius 2 is 1.26 bits per heavy atom. The maximum Gasteiger partial charge on any atom is 0.121 e. The van der Waals surface area contributed by atoms with Crippen LogP contribution >= 0.6 is 0 Å². The van der Waals surface area contributed by atoms with Crippen LogP contribution in [0, 0.1) is 0 Å². The van der Waals surface area contributed by atoms with Crippen molar-refractivity contribution >= 4 is 0 Å². The standard InChI is InChI=1S/C23H47NO3/c1-3-5-7-9-10-11-13-17-23(27,24-18-14-15-19-24)20-22(26)21(25)16-12-8-6-4-2/h21-22,25-27H,3-20H2,1-2H3. The van der Waals surface area contributed by atoms with Gasteiger partial charge in [0.05, 0.1) is 12.2 Å². The largest absolute Gasteiger partial charge is 0.390 e. The third kappa shape index (κ3) is 10.3. The molecule has 3 unspecified atom stereocenters. The Hall–Kier alpha value is -0.160. The molecule has 0 aliphatic carbocycles. The molecule has 1 aliphatic rings. The summed E-state index contributed by atoms with van der Waals surface area (Å²) in [5.41, 5.74) is -0.955. The van der Waals surface area contributed by atoms with Gasteiger partial charge in [-0.05, 0) is 32.1 Å². The molecule has 0 radical (unpaired) electrons. The van der Waals surface area contributed by atoms with Crippen molar-refractivity contribution in [2.75, 3.05) is 13.1 Å². The fourth-order valence-corrected chi connectivity index (χ4v) is 4.33. The Kier molecular flexibility index (Phi) is 13.6. The predicted molar refractivity (Wildman–Crippen MR) is 114 cm³/mol.